The number of hydrogen-bond donors (Lipinski definition) is 0. The molecule has 2 aromatic carbocycles. The summed E-state index contributed by atoms with van der Waals surface area (Å²) in [5, 5.41) is 2.62. The van der Waals surface area contributed by atoms with Gasteiger partial charge in [-0.15, -0.1) is 0 Å². The van der Waals surface area contributed by atoms with Gasteiger partial charge in [-0.1, -0.05) is 52.0 Å². The van der Waals surface area contributed by atoms with Crippen molar-refractivity contribution in [2.75, 3.05) is 0 Å². The van der Waals surface area contributed by atoms with E-state index in [9.17, 15) is 0 Å². The number of aromatic nitrogens is 2. The van der Waals surface area contributed by atoms with Crippen molar-refractivity contribution in [3.63, 3.8) is 0 Å². The highest BCUT2D eigenvalue weighted by Gasteiger charge is 2.16. The second-order valence-corrected chi connectivity index (χ2v) is 7.84. The highest BCUT2D eigenvalue weighted by atomic mass is 15.1. The SMILES string of the molecule is Cc1cccc2c3cc(C(C)C)ccc3n(-c3cc(C(C)C)ccn3)c12. The Morgan fingerprint density at radius 2 is 1.54 bits per heavy atom. The van der Waals surface area contributed by atoms with Crippen LogP contribution in [0.2, 0.25) is 0 Å². The molecule has 0 aliphatic heterocycles. The molecule has 2 aromatic heterocycles. The molecule has 0 saturated heterocycles. The van der Waals surface area contributed by atoms with Gasteiger partial charge in [-0.3, -0.25) is 4.57 Å². The molecular weight excluding hydrogens is 316 g/mol. The summed E-state index contributed by atoms with van der Waals surface area (Å²) in [5.74, 6) is 2.01. The molecule has 0 atom stereocenters. The lowest BCUT2D eigenvalue weighted by molar-refractivity contribution is 0.858. The largest absolute Gasteiger partial charge is 0.294 e. The summed E-state index contributed by atoms with van der Waals surface area (Å²) in [4.78, 5) is 4.73. The summed E-state index contributed by atoms with van der Waals surface area (Å²) >= 11 is 0. The van der Waals surface area contributed by atoms with E-state index in [-0.39, 0.29) is 0 Å². The lowest BCUT2D eigenvalue weighted by Gasteiger charge is -2.12. The molecule has 0 bridgehead atoms. The van der Waals surface area contributed by atoms with E-state index < -0.39 is 0 Å². The van der Waals surface area contributed by atoms with Gasteiger partial charge in [-0.25, -0.2) is 4.98 Å². The molecule has 0 amide bonds. The number of pyridine rings is 1. The van der Waals surface area contributed by atoms with E-state index in [0.717, 1.165) is 5.82 Å². The lowest BCUT2D eigenvalue weighted by Crippen LogP contribution is -2.00. The molecule has 132 valence electrons. The molecule has 4 rings (SSSR count). The Kier molecular flexibility index (Phi) is 4.07. The molecule has 0 fully saturated rings. The summed E-state index contributed by atoms with van der Waals surface area (Å²) in [6.45, 7) is 11.1. The maximum atomic E-state index is 4.73. The second kappa shape index (κ2) is 6.28. The van der Waals surface area contributed by atoms with Crippen LogP contribution >= 0.6 is 0 Å². The number of para-hydroxylation sites is 1. The fraction of sp³-hybridized carbons (Fsp3) is 0.292. The van der Waals surface area contributed by atoms with Crippen LogP contribution in [0, 0.1) is 6.92 Å². The minimum Gasteiger partial charge on any atom is -0.294 e. The molecule has 0 unspecified atom stereocenters. The van der Waals surface area contributed by atoms with Crippen LogP contribution in [0.4, 0.5) is 0 Å². The van der Waals surface area contributed by atoms with Crippen LogP contribution in [0.5, 0.6) is 0 Å². The van der Waals surface area contributed by atoms with Gasteiger partial charge >= 0.3 is 0 Å². The van der Waals surface area contributed by atoms with E-state index >= 15 is 0 Å². The predicted molar refractivity (Wildman–Crippen MR) is 111 cm³/mol. The van der Waals surface area contributed by atoms with E-state index in [1.165, 1.54) is 38.5 Å². The van der Waals surface area contributed by atoms with Crippen LogP contribution in [0.15, 0.2) is 54.7 Å². The monoisotopic (exact) mass is 342 g/mol. The quantitative estimate of drug-likeness (QED) is 0.403. The fourth-order valence-electron chi connectivity index (χ4n) is 3.77. The van der Waals surface area contributed by atoms with Crippen molar-refractivity contribution in [3.8, 4) is 5.82 Å². The van der Waals surface area contributed by atoms with Crippen LogP contribution in [0.25, 0.3) is 27.6 Å². The van der Waals surface area contributed by atoms with E-state index in [1.54, 1.807) is 0 Å². The lowest BCUT2D eigenvalue weighted by atomic mass is 10.0. The zero-order chi connectivity index (χ0) is 18.4. The molecule has 0 aliphatic rings. The normalized spacial score (nSPS) is 12.0. The van der Waals surface area contributed by atoms with Gasteiger partial charge in [0.25, 0.3) is 0 Å². The van der Waals surface area contributed by atoms with E-state index in [0.29, 0.717) is 11.8 Å². The van der Waals surface area contributed by atoms with Crippen LogP contribution in [-0.4, -0.2) is 9.55 Å². The zero-order valence-corrected chi connectivity index (χ0v) is 16.2. The number of nitrogens with zero attached hydrogens (tertiary/aromatic N) is 2. The molecule has 26 heavy (non-hydrogen) atoms. The molecule has 2 heteroatoms. The van der Waals surface area contributed by atoms with Gasteiger partial charge in [0.1, 0.15) is 5.82 Å². The first-order valence-electron chi connectivity index (χ1n) is 9.47. The van der Waals surface area contributed by atoms with Gasteiger partial charge in [0.05, 0.1) is 11.0 Å². The van der Waals surface area contributed by atoms with Gasteiger partial charge < -0.3 is 0 Å². The van der Waals surface area contributed by atoms with Gasteiger partial charge in [-0.05, 0) is 59.7 Å². The third-order valence-corrected chi connectivity index (χ3v) is 5.35. The third kappa shape index (κ3) is 2.61. The van der Waals surface area contributed by atoms with Crippen molar-refractivity contribution in [1.82, 2.24) is 9.55 Å². The highest BCUT2D eigenvalue weighted by molar-refractivity contribution is 6.10. The number of rotatable bonds is 3. The molecule has 0 aliphatic carbocycles. The van der Waals surface area contributed by atoms with Crippen molar-refractivity contribution in [2.45, 2.75) is 46.5 Å². The summed E-state index contributed by atoms with van der Waals surface area (Å²) < 4.78 is 2.33. The first-order chi connectivity index (χ1) is 12.5. The topological polar surface area (TPSA) is 17.8 Å². The molecule has 0 N–H and O–H groups in total. The number of aryl methyl sites for hydroxylation is 1. The van der Waals surface area contributed by atoms with Crippen LogP contribution in [0.3, 0.4) is 0 Å². The maximum Gasteiger partial charge on any atom is 0.137 e. The fourth-order valence-corrected chi connectivity index (χ4v) is 3.77. The molecule has 2 nitrogen and oxygen atoms in total. The van der Waals surface area contributed by atoms with Gasteiger partial charge in [0.15, 0.2) is 0 Å². The van der Waals surface area contributed by atoms with Crippen molar-refractivity contribution in [3.05, 3.63) is 71.4 Å². The minimum absolute atomic E-state index is 0.485. The molecule has 4 aromatic rings. The van der Waals surface area contributed by atoms with E-state index in [4.69, 9.17) is 4.98 Å². The minimum atomic E-state index is 0.485. The van der Waals surface area contributed by atoms with Crippen LogP contribution < -0.4 is 0 Å². The summed E-state index contributed by atoms with van der Waals surface area (Å²) in [5.41, 5.74) is 6.46. The van der Waals surface area contributed by atoms with E-state index in [2.05, 4.69) is 87.7 Å². The van der Waals surface area contributed by atoms with Crippen molar-refractivity contribution in [2.24, 2.45) is 0 Å². The zero-order valence-electron chi connectivity index (χ0n) is 16.2. The van der Waals surface area contributed by atoms with Gasteiger partial charge in [0.2, 0.25) is 0 Å². The van der Waals surface area contributed by atoms with E-state index in [1.807, 2.05) is 6.20 Å². The molecule has 0 spiro atoms. The second-order valence-electron chi connectivity index (χ2n) is 7.84. The number of fused-ring (bicyclic) bond motifs is 3. The van der Waals surface area contributed by atoms with Crippen LogP contribution in [-0.2, 0) is 0 Å². The van der Waals surface area contributed by atoms with Gasteiger partial charge in [0, 0.05) is 17.0 Å². The Bertz CT molecular complexity index is 1100. The molecular formula is C24H26N2. The predicted octanol–water partition coefficient (Wildman–Crippen LogP) is 6.73. The van der Waals surface area contributed by atoms with Gasteiger partial charge in [-0.2, -0.15) is 0 Å². The Hall–Kier alpha value is -2.61. The average Bonchev–Trinajstić information content (AvgIpc) is 2.97. The first-order valence-corrected chi connectivity index (χ1v) is 9.47. The average molecular weight is 342 g/mol. The van der Waals surface area contributed by atoms with Crippen molar-refractivity contribution < 1.29 is 0 Å². The summed E-state index contributed by atoms with van der Waals surface area (Å²) in [7, 11) is 0. The molecule has 0 radical (unpaired) electrons. The Morgan fingerprint density at radius 3 is 2.27 bits per heavy atom. The Labute approximate surface area is 155 Å². The maximum absolute atomic E-state index is 4.73. The van der Waals surface area contributed by atoms with Crippen molar-refractivity contribution in [1.29, 1.82) is 0 Å². The van der Waals surface area contributed by atoms with Crippen molar-refractivity contribution >= 4 is 21.8 Å². The molecule has 0 saturated carbocycles. The highest BCUT2D eigenvalue weighted by Crippen LogP contribution is 2.35. The molecule has 2 heterocycles. The third-order valence-electron chi connectivity index (χ3n) is 5.35. The summed E-state index contributed by atoms with van der Waals surface area (Å²) in [6.07, 6.45) is 1.93. The summed E-state index contributed by atoms with van der Waals surface area (Å²) in [6, 6.07) is 17.8. The van der Waals surface area contributed by atoms with Crippen LogP contribution in [0.1, 0.15) is 56.2 Å². The Morgan fingerprint density at radius 1 is 0.808 bits per heavy atom. The Balaban J connectivity index is 2.12. The number of hydrogen-bond acceptors (Lipinski definition) is 1. The number of benzene rings is 2. The smallest absolute Gasteiger partial charge is 0.137 e. The standard InChI is InChI=1S/C24H26N2/c1-15(2)18-9-10-22-21(13-18)20-8-6-7-17(5)24(20)26(22)23-14-19(16(3)4)11-12-25-23/h6-16H,1-5H3. The first kappa shape index (κ1) is 16.8.